The summed E-state index contributed by atoms with van der Waals surface area (Å²) < 4.78 is 39.2. The molecule has 98 valence electrons. The Balaban J connectivity index is 2.73. The van der Waals surface area contributed by atoms with Crippen molar-refractivity contribution in [3.05, 3.63) is 65.7 Å². The van der Waals surface area contributed by atoms with Gasteiger partial charge >= 0.3 is 6.18 Å². The summed E-state index contributed by atoms with van der Waals surface area (Å²) in [5.41, 5.74) is 1.66. The summed E-state index contributed by atoms with van der Waals surface area (Å²) in [5, 5.41) is 0. The number of hydrogen-bond acceptors (Lipinski definition) is 0. The first-order valence-electron chi connectivity index (χ1n) is 5.83. The SMILES string of the molecule is C=Cc1ccc(C(F)(F)F)c(-c2ccccc2C)c1. The van der Waals surface area contributed by atoms with Crippen LogP contribution in [0.15, 0.2) is 49.0 Å². The van der Waals surface area contributed by atoms with Gasteiger partial charge in [0.15, 0.2) is 0 Å². The van der Waals surface area contributed by atoms with Crippen LogP contribution >= 0.6 is 0 Å². The predicted molar refractivity (Wildman–Crippen MR) is 71.7 cm³/mol. The molecule has 0 heterocycles. The van der Waals surface area contributed by atoms with Crippen molar-refractivity contribution in [3.8, 4) is 11.1 Å². The number of halogens is 3. The smallest absolute Gasteiger partial charge is 0.166 e. The largest absolute Gasteiger partial charge is 0.417 e. The average molecular weight is 262 g/mol. The van der Waals surface area contributed by atoms with Gasteiger partial charge in [0.2, 0.25) is 0 Å². The molecule has 0 unspecified atom stereocenters. The third kappa shape index (κ3) is 2.70. The highest BCUT2D eigenvalue weighted by atomic mass is 19.4. The molecular weight excluding hydrogens is 249 g/mol. The summed E-state index contributed by atoms with van der Waals surface area (Å²) in [7, 11) is 0. The molecule has 0 atom stereocenters. The van der Waals surface area contributed by atoms with Crippen molar-refractivity contribution < 1.29 is 13.2 Å². The van der Waals surface area contributed by atoms with Crippen molar-refractivity contribution in [2.45, 2.75) is 13.1 Å². The fraction of sp³-hybridized carbons (Fsp3) is 0.125. The Morgan fingerprint density at radius 2 is 1.68 bits per heavy atom. The van der Waals surface area contributed by atoms with Crippen molar-refractivity contribution in [3.63, 3.8) is 0 Å². The molecule has 0 N–H and O–H groups in total. The number of benzene rings is 2. The van der Waals surface area contributed by atoms with E-state index in [-0.39, 0.29) is 5.56 Å². The van der Waals surface area contributed by atoms with E-state index in [4.69, 9.17) is 0 Å². The van der Waals surface area contributed by atoms with Crippen LogP contribution < -0.4 is 0 Å². The summed E-state index contributed by atoms with van der Waals surface area (Å²) in [6.45, 7) is 5.40. The second-order valence-electron chi connectivity index (χ2n) is 4.32. The van der Waals surface area contributed by atoms with Crippen LogP contribution in [0.2, 0.25) is 0 Å². The first-order chi connectivity index (χ1) is 8.93. The maximum Gasteiger partial charge on any atom is 0.417 e. The van der Waals surface area contributed by atoms with Gasteiger partial charge in [-0.1, -0.05) is 43.0 Å². The Kier molecular flexibility index (Phi) is 3.47. The van der Waals surface area contributed by atoms with Gasteiger partial charge in [-0.25, -0.2) is 0 Å². The minimum atomic E-state index is -4.36. The van der Waals surface area contributed by atoms with Crippen molar-refractivity contribution in [1.29, 1.82) is 0 Å². The van der Waals surface area contributed by atoms with Gasteiger partial charge in [-0.15, -0.1) is 0 Å². The highest BCUT2D eigenvalue weighted by Gasteiger charge is 2.33. The second-order valence-corrected chi connectivity index (χ2v) is 4.32. The molecule has 19 heavy (non-hydrogen) atoms. The average Bonchev–Trinajstić information content (AvgIpc) is 2.37. The zero-order valence-electron chi connectivity index (χ0n) is 10.5. The third-order valence-electron chi connectivity index (χ3n) is 3.02. The second kappa shape index (κ2) is 4.92. The maximum absolute atomic E-state index is 13.1. The van der Waals surface area contributed by atoms with Crippen LogP contribution in [0.5, 0.6) is 0 Å². The van der Waals surface area contributed by atoms with E-state index < -0.39 is 11.7 Å². The molecule has 0 fully saturated rings. The lowest BCUT2D eigenvalue weighted by molar-refractivity contribution is -0.137. The van der Waals surface area contributed by atoms with Crippen LogP contribution in [0.1, 0.15) is 16.7 Å². The van der Waals surface area contributed by atoms with E-state index in [0.717, 1.165) is 11.6 Å². The van der Waals surface area contributed by atoms with Gasteiger partial charge in [-0.05, 0) is 41.3 Å². The number of aryl methyl sites for hydroxylation is 1. The van der Waals surface area contributed by atoms with E-state index in [9.17, 15) is 13.2 Å². The molecule has 0 nitrogen and oxygen atoms in total. The number of hydrogen-bond donors (Lipinski definition) is 0. The van der Waals surface area contributed by atoms with Gasteiger partial charge in [-0.2, -0.15) is 13.2 Å². The van der Waals surface area contributed by atoms with Gasteiger partial charge in [0.05, 0.1) is 5.56 Å². The zero-order chi connectivity index (χ0) is 14.0. The van der Waals surface area contributed by atoms with E-state index in [1.165, 1.54) is 12.1 Å². The Bertz CT molecular complexity index is 610. The van der Waals surface area contributed by atoms with Crippen LogP contribution in [-0.2, 0) is 6.18 Å². The molecule has 2 rings (SSSR count). The van der Waals surface area contributed by atoms with Gasteiger partial charge in [-0.3, -0.25) is 0 Å². The molecule has 0 aromatic heterocycles. The first-order valence-corrected chi connectivity index (χ1v) is 5.83. The van der Waals surface area contributed by atoms with E-state index in [0.29, 0.717) is 11.1 Å². The fourth-order valence-electron chi connectivity index (χ4n) is 2.03. The molecule has 0 saturated carbocycles. The third-order valence-corrected chi connectivity index (χ3v) is 3.02. The Morgan fingerprint density at radius 1 is 1.00 bits per heavy atom. The van der Waals surface area contributed by atoms with Crippen LogP contribution in [0, 0.1) is 6.92 Å². The molecule has 0 aliphatic rings. The molecule has 0 amide bonds. The quantitative estimate of drug-likeness (QED) is 0.686. The zero-order valence-corrected chi connectivity index (χ0v) is 10.5. The monoisotopic (exact) mass is 262 g/mol. The van der Waals surface area contributed by atoms with E-state index in [1.807, 2.05) is 6.07 Å². The molecule has 0 radical (unpaired) electrons. The van der Waals surface area contributed by atoms with Crippen molar-refractivity contribution in [1.82, 2.24) is 0 Å². The van der Waals surface area contributed by atoms with Crippen LogP contribution in [0.25, 0.3) is 17.2 Å². The minimum absolute atomic E-state index is 0.197. The lowest BCUT2D eigenvalue weighted by Crippen LogP contribution is -2.07. The van der Waals surface area contributed by atoms with Crippen molar-refractivity contribution in [2.75, 3.05) is 0 Å². The normalized spacial score (nSPS) is 11.4. The first kappa shape index (κ1) is 13.4. The van der Waals surface area contributed by atoms with Crippen LogP contribution in [0.3, 0.4) is 0 Å². The molecule has 2 aromatic rings. The van der Waals surface area contributed by atoms with Crippen molar-refractivity contribution >= 4 is 6.08 Å². The Labute approximate surface area is 110 Å². The van der Waals surface area contributed by atoms with Crippen LogP contribution in [0.4, 0.5) is 13.2 Å². The van der Waals surface area contributed by atoms with Gasteiger partial charge in [0, 0.05) is 0 Å². The predicted octanol–water partition coefficient (Wildman–Crippen LogP) is 5.32. The molecule has 2 aromatic carbocycles. The Morgan fingerprint density at radius 3 is 2.26 bits per heavy atom. The topological polar surface area (TPSA) is 0 Å². The molecular formula is C16H13F3. The van der Waals surface area contributed by atoms with Gasteiger partial charge < -0.3 is 0 Å². The molecule has 0 aliphatic heterocycles. The van der Waals surface area contributed by atoms with Gasteiger partial charge in [0.1, 0.15) is 0 Å². The van der Waals surface area contributed by atoms with Gasteiger partial charge in [0.25, 0.3) is 0 Å². The fourth-order valence-corrected chi connectivity index (χ4v) is 2.03. The molecule has 0 bridgehead atoms. The minimum Gasteiger partial charge on any atom is -0.166 e. The maximum atomic E-state index is 13.1. The molecule has 0 aliphatic carbocycles. The lowest BCUT2D eigenvalue weighted by atomic mass is 9.94. The highest BCUT2D eigenvalue weighted by Crippen LogP contribution is 2.38. The summed E-state index contributed by atoms with van der Waals surface area (Å²) >= 11 is 0. The molecule has 3 heteroatoms. The summed E-state index contributed by atoms with van der Waals surface area (Å²) in [5.74, 6) is 0. The van der Waals surface area contributed by atoms with E-state index in [2.05, 4.69) is 6.58 Å². The lowest BCUT2D eigenvalue weighted by Gasteiger charge is -2.15. The molecule has 0 saturated heterocycles. The summed E-state index contributed by atoms with van der Waals surface area (Å²) in [6.07, 6.45) is -2.82. The summed E-state index contributed by atoms with van der Waals surface area (Å²) in [6, 6.07) is 11.1. The standard InChI is InChI=1S/C16H13F3/c1-3-12-8-9-15(16(17,18)19)14(10-12)13-7-5-4-6-11(13)2/h3-10H,1H2,2H3. The summed E-state index contributed by atoms with van der Waals surface area (Å²) in [4.78, 5) is 0. The number of alkyl halides is 3. The van der Waals surface area contributed by atoms with Crippen molar-refractivity contribution in [2.24, 2.45) is 0 Å². The number of rotatable bonds is 2. The highest BCUT2D eigenvalue weighted by molar-refractivity contribution is 5.73. The Hall–Kier alpha value is -2.03. The van der Waals surface area contributed by atoms with E-state index >= 15 is 0 Å². The van der Waals surface area contributed by atoms with E-state index in [1.54, 1.807) is 31.2 Å². The van der Waals surface area contributed by atoms with Crippen LogP contribution in [-0.4, -0.2) is 0 Å². The molecule has 0 spiro atoms.